The number of hydrogen-bond acceptors (Lipinski definition) is 2. The number of nitrogens with one attached hydrogen (secondary N) is 1. The molecule has 1 heterocycles. The van der Waals surface area contributed by atoms with Crippen molar-refractivity contribution in [3.63, 3.8) is 0 Å². The van der Waals surface area contributed by atoms with Crippen LogP contribution in [0.3, 0.4) is 0 Å². The second-order valence-corrected chi connectivity index (χ2v) is 7.75. The molecule has 0 aromatic carbocycles. The fraction of sp³-hybridized carbons (Fsp3) is 1.00. The molecule has 3 atom stereocenters. The number of piperazine rings is 1. The van der Waals surface area contributed by atoms with Crippen molar-refractivity contribution >= 4 is 0 Å². The smallest absolute Gasteiger partial charge is 0.0221 e. The molecule has 0 spiro atoms. The largest absolute Gasteiger partial charge is 0.311 e. The normalized spacial score (nSPS) is 33.6. The third-order valence-electron chi connectivity index (χ3n) is 6.27. The molecule has 3 fully saturated rings. The zero-order chi connectivity index (χ0) is 14.1. The van der Waals surface area contributed by atoms with E-state index in [1.54, 1.807) is 0 Å². The lowest BCUT2D eigenvalue weighted by Gasteiger charge is -2.43. The van der Waals surface area contributed by atoms with Gasteiger partial charge in [-0.15, -0.1) is 0 Å². The first-order valence-electron chi connectivity index (χ1n) is 9.20. The zero-order valence-electron chi connectivity index (χ0n) is 13.8. The molecule has 1 aliphatic heterocycles. The lowest BCUT2D eigenvalue weighted by molar-refractivity contribution is 0.0807. The molecule has 20 heavy (non-hydrogen) atoms. The zero-order valence-corrected chi connectivity index (χ0v) is 13.8. The minimum absolute atomic E-state index is 0.724. The van der Waals surface area contributed by atoms with E-state index in [1.807, 2.05) is 0 Å². The molecule has 2 heteroatoms. The van der Waals surface area contributed by atoms with E-state index < -0.39 is 0 Å². The standard InChI is InChI=1S/C18H34N2/c1-4-13(3)18-12-20(16(5-2)10-19-18)11-17(14-6-7-14)15-8-9-15/h13-19H,4-12H2,1-3H3. The van der Waals surface area contributed by atoms with Crippen LogP contribution in [0.15, 0.2) is 0 Å². The SMILES string of the molecule is CCC(C)C1CN(CC(C2CC2)C2CC2)C(CC)CN1. The summed E-state index contributed by atoms with van der Waals surface area (Å²) in [5.41, 5.74) is 0. The topological polar surface area (TPSA) is 15.3 Å². The Balaban J connectivity index is 1.60. The van der Waals surface area contributed by atoms with Gasteiger partial charge in [0.25, 0.3) is 0 Å². The van der Waals surface area contributed by atoms with E-state index in [0.717, 1.165) is 35.8 Å². The van der Waals surface area contributed by atoms with E-state index >= 15 is 0 Å². The highest BCUT2D eigenvalue weighted by Gasteiger charge is 2.43. The van der Waals surface area contributed by atoms with Gasteiger partial charge in [0.15, 0.2) is 0 Å². The summed E-state index contributed by atoms with van der Waals surface area (Å²) in [6.45, 7) is 11.0. The van der Waals surface area contributed by atoms with Gasteiger partial charge in [0.1, 0.15) is 0 Å². The Morgan fingerprint density at radius 2 is 1.75 bits per heavy atom. The third kappa shape index (κ3) is 3.39. The Morgan fingerprint density at radius 3 is 2.25 bits per heavy atom. The van der Waals surface area contributed by atoms with Crippen molar-refractivity contribution < 1.29 is 0 Å². The maximum Gasteiger partial charge on any atom is 0.0221 e. The van der Waals surface area contributed by atoms with Crippen LogP contribution >= 0.6 is 0 Å². The molecule has 3 rings (SSSR count). The van der Waals surface area contributed by atoms with Gasteiger partial charge in [-0.25, -0.2) is 0 Å². The van der Waals surface area contributed by atoms with Crippen LogP contribution in [0.25, 0.3) is 0 Å². The summed E-state index contributed by atoms with van der Waals surface area (Å²) in [5.74, 6) is 4.05. The molecule has 1 saturated heterocycles. The van der Waals surface area contributed by atoms with Crippen LogP contribution in [-0.2, 0) is 0 Å². The molecule has 116 valence electrons. The second kappa shape index (κ2) is 6.36. The molecule has 0 aromatic rings. The molecular formula is C18H34N2. The number of rotatable bonds is 7. The molecular weight excluding hydrogens is 244 g/mol. The van der Waals surface area contributed by atoms with E-state index in [0.29, 0.717) is 0 Å². The minimum Gasteiger partial charge on any atom is -0.311 e. The quantitative estimate of drug-likeness (QED) is 0.766. The van der Waals surface area contributed by atoms with E-state index in [9.17, 15) is 0 Å². The summed E-state index contributed by atoms with van der Waals surface area (Å²) >= 11 is 0. The van der Waals surface area contributed by atoms with Crippen LogP contribution in [-0.4, -0.2) is 36.6 Å². The molecule has 3 unspecified atom stereocenters. The Hall–Kier alpha value is -0.0800. The first kappa shape index (κ1) is 14.8. The summed E-state index contributed by atoms with van der Waals surface area (Å²) in [6.07, 6.45) is 8.72. The lowest BCUT2D eigenvalue weighted by Crippen LogP contribution is -2.59. The predicted octanol–water partition coefficient (Wildman–Crippen LogP) is 3.52. The van der Waals surface area contributed by atoms with Gasteiger partial charge in [0.2, 0.25) is 0 Å². The molecule has 2 aliphatic carbocycles. The molecule has 2 nitrogen and oxygen atoms in total. The van der Waals surface area contributed by atoms with Crippen molar-refractivity contribution in [3.05, 3.63) is 0 Å². The van der Waals surface area contributed by atoms with E-state index in [2.05, 4.69) is 31.0 Å². The monoisotopic (exact) mass is 278 g/mol. The minimum atomic E-state index is 0.724. The van der Waals surface area contributed by atoms with Crippen LogP contribution in [0.4, 0.5) is 0 Å². The van der Waals surface area contributed by atoms with E-state index in [1.165, 1.54) is 58.2 Å². The number of hydrogen-bond donors (Lipinski definition) is 1. The van der Waals surface area contributed by atoms with Gasteiger partial charge in [-0.1, -0.05) is 27.2 Å². The van der Waals surface area contributed by atoms with Crippen molar-refractivity contribution in [1.82, 2.24) is 10.2 Å². The van der Waals surface area contributed by atoms with Crippen LogP contribution in [0, 0.1) is 23.7 Å². The van der Waals surface area contributed by atoms with Gasteiger partial charge >= 0.3 is 0 Å². The van der Waals surface area contributed by atoms with Crippen molar-refractivity contribution in [2.45, 2.75) is 71.4 Å². The summed E-state index contributed by atoms with van der Waals surface area (Å²) in [7, 11) is 0. The van der Waals surface area contributed by atoms with Gasteiger partial charge in [-0.3, -0.25) is 4.90 Å². The average Bonchev–Trinajstić information content (AvgIpc) is 3.36. The lowest BCUT2D eigenvalue weighted by atomic mass is 9.91. The Bertz CT molecular complexity index is 297. The summed E-state index contributed by atoms with van der Waals surface area (Å²) in [4.78, 5) is 2.87. The first-order chi connectivity index (χ1) is 9.72. The fourth-order valence-electron chi connectivity index (χ4n) is 4.18. The van der Waals surface area contributed by atoms with Crippen LogP contribution in [0.1, 0.15) is 59.3 Å². The Morgan fingerprint density at radius 1 is 1.10 bits per heavy atom. The van der Waals surface area contributed by atoms with E-state index in [4.69, 9.17) is 0 Å². The average molecular weight is 278 g/mol. The maximum absolute atomic E-state index is 3.82. The maximum atomic E-state index is 3.82. The van der Waals surface area contributed by atoms with Crippen LogP contribution in [0.5, 0.6) is 0 Å². The van der Waals surface area contributed by atoms with Gasteiger partial charge < -0.3 is 5.32 Å². The fourth-order valence-corrected chi connectivity index (χ4v) is 4.18. The molecule has 0 bridgehead atoms. The first-order valence-corrected chi connectivity index (χ1v) is 9.20. The number of nitrogens with zero attached hydrogens (tertiary/aromatic N) is 1. The van der Waals surface area contributed by atoms with Crippen molar-refractivity contribution in [3.8, 4) is 0 Å². The Kier molecular flexibility index (Phi) is 4.72. The second-order valence-electron chi connectivity index (χ2n) is 7.75. The molecule has 0 amide bonds. The van der Waals surface area contributed by atoms with E-state index in [-0.39, 0.29) is 0 Å². The van der Waals surface area contributed by atoms with Crippen LogP contribution in [0.2, 0.25) is 0 Å². The predicted molar refractivity (Wildman–Crippen MR) is 85.8 cm³/mol. The molecule has 0 radical (unpaired) electrons. The molecule has 0 aromatic heterocycles. The van der Waals surface area contributed by atoms with Crippen molar-refractivity contribution in [2.24, 2.45) is 23.7 Å². The highest BCUT2D eigenvalue weighted by molar-refractivity contribution is 4.96. The van der Waals surface area contributed by atoms with Gasteiger partial charge in [-0.2, -0.15) is 0 Å². The molecule has 3 aliphatic rings. The third-order valence-corrected chi connectivity index (χ3v) is 6.27. The van der Waals surface area contributed by atoms with Crippen molar-refractivity contribution in [1.29, 1.82) is 0 Å². The van der Waals surface area contributed by atoms with Gasteiger partial charge in [0, 0.05) is 31.7 Å². The summed E-state index contributed by atoms with van der Waals surface area (Å²) in [6, 6.07) is 1.51. The molecule has 2 saturated carbocycles. The molecule has 1 N–H and O–H groups in total. The van der Waals surface area contributed by atoms with Gasteiger partial charge in [-0.05, 0) is 55.8 Å². The van der Waals surface area contributed by atoms with Crippen LogP contribution < -0.4 is 5.32 Å². The summed E-state index contributed by atoms with van der Waals surface area (Å²) < 4.78 is 0. The van der Waals surface area contributed by atoms with Crippen molar-refractivity contribution in [2.75, 3.05) is 19.6 Å². The van der Waals surface area contributed by atoms with Gasteiger partial charge in [0.05, 0.1) is 0 Å². The highest BCUT2D eigenvalue weighted by Crippen LogP contribution is 2.49. The summed E-state index contributed by atoms with van der Waals surface area (Å²) in [5, 5.41) is 3.82. The Labute approximate surface area is 125 Å². The highest BCUT2D eigenvalue weighted by atomic mass is 15.2.